The van der Waals surface area contributed by atoms with Crippen LogP contribution in [0.2, 0.25) is 0 Å². The molecule has 2 aromatic carbocycles. The second-order valence-corrected chi connectivity index (χ2v) is 7.55. The third-order valence-electron chi connectivity index (χ3n) is 4.39. The van der Waals surface area contributed by atoms with Crippen LogP contribution in [0.3, 0.4) is 0 Å². The van der Waals surface area contributed by atoms with Gasteiger partial charge in [0.2, 0.25) is 5.91 Å². The molecule has 1 amide bonds. The summed E-state index contributed by atoms with van der Waals surface area (Å²) in [7, 11) is 0. The molecule has 0 aliphatic rings. The van der Waals surface area contributed by atoms with Crippen molar-refractivity contribution in [1.82, 2.24) is 20.1 Å². The summed E-state index contributed by atoms with van der Waals surface area (Å²) in [5, 5.41) is 12.1. The number of carbonyl (C=O) groups excluding carboxylic acids is 1. The summed E-state index contributed by atoms with van der Waals surface area (Å²) < 4.78 is 1.98. The van der Waals surface area contributed by atoms with Gasteiger partial charge in [-0.25, -0.2) is 0 Å². The zero-order valence-electron chi connectivity index (χ0n) is 15.8. The molecule has 5 nitrogen and oxygen atoms in total. The minimum Gasteiger partial charge on any atom is -0.355 e. The third kappa shape index (κ3) is 4.98. The summed E-state index contributed by atoms with van der Waals surface area (Å²) >= 11 is 1.40. The van der Waals surface area contributed by atoms with Gasteiger partial charge in [-0.1, -0.05) is 66.7 Å². The van der Waals surface area contributed by atoms with Crippen LogP contribution >= 0.6 is 11.8 Å². The van der Waals surface area contributed by atoms with E-state index in [1.807, 2.05) is 41.8 Å². The van der Waals surface area contributed by atoms with Crippen molar-refractivity contribution in [2.45, 2.75) is 31.8 Å². The summed E-state index contributed by atoms with van der Waals surface area (Å²) in [6.45, 7) is 6.70. The SMILES string of the molecule is Cc1ccc(-n2c(C)nnc2SCC(=O)NC[C@H](C)c2ccccc2)cc1. The van der Waals surface area contributed by atoms with Crippen LogP contribution in [-0.2, 0) is 4.79 Å². The second-order valence-electron chi connectivity index (χ2n) is 6.61. The van der Waals surface area contributed by atoms with Gasteiger partial charge in [0.05, 0.1) is 5.75 Å². The molecule has 0 spiro atoms. The predicted molar refractivity (Wildman–Crippen MR) is 109 cm³/mol. The van der Waals surface area contributed by atoms with Crippen molar-refractivity contribution in [3.05, 3.63) is 71.5 Å². The molecule has 27 heavy (non-hydrogen) atoms. The van der Waals surface area contributed by atoms with Crippen LogP contribution in [-0.4, -0.2) is 33.0 Å². The number of thioether (sulfide) groups is 1. The zero-order chi connectivity index (χ0) is 19.2. The van der Waals surface area contributed by atoms with E-state index in [1.165, 1.54) is 22.9 Å². The number of hydrogen-bond acceptors (Lipinski definition) is 4. The Morgan fingerprint density at radius 1 is 1.07 bits per heavy atom. The number of aromatic nitrogens is 3. The van der Waals surface area contributed by atoms with E-state index in [9.17, 15) is 4.79 Å². The Labute approximate surface area is 164 Å². The molecule has 0 fully saturated rings. The van der Waals surface area contributed by atoms with Crippen molar-refractivity contribution in [1.29, 1.82) is 0 Å². The molecule has 0 saturated carbocycles. The molecule has 140 valence electrons. The summed E-state index contributed by atoms with van der Waals surface area (Å²) in [6, 6.07) is 18.4. The molecule has 3 rings (SSSR count). The molecule has 0 saturated heterocycles. The highest BCUT2D eigenvalue weighted by atomic mass is 32.2. The number of aryl methyl sites for hydroxylation is 2. The van der Waals surface area contributed by atoms with E-state index in [1.54, 1.807) is 0 Å². The number of amides is 1. The van der Waals surface area contributed by atoms with Gasteiger partial charge in [0.15, 0.2) is 5.16 Å². The molecular weight excluding hydrogens is 356 g/mol. The Bertz CT molecular complexity index is 890. The van der Waals surface area contributed by atoms with Crippen molar-refractivity contribution < 1.29 is 4.79 Å². The maximum Gasteiger partial charge on any atom is 0.230 e. The molecular formula is C21H24N4OS. The number of rotatable bonds is 7. The fraction of sp³-hybridized carbons (Fsp3) is 0.286. The number of hydrogen-bond donors (Lipinski definition) is 1. The van der Waals surface area contributed by atoms with Crippen LogP contribution in [0.4, 0.5) is 0 Å². The molecule has 0 aliphatic carbocycles. The van der Waals surface area contributed by atoms with Crippen molar-refractivity contribution in [2.75, 3.05) is 12.3 Å². The van der Waals surface area contributed by atoms with Crippen LogP contribution in [0.5, 0.6) is 0 Å². The topological polar surface area (TPSA) is 59.8 Å². The Kier molecular flexibility index (Phi) is 6.29. The summed E-state index contributed by atoms with van der Waals surface area (Å²) in [5.41, 5.74) is 3.43. The van der Waals surface area contributed by atoms with Crippen molar-refractivity contribution in [2.24, 2.45) is 0 Å². The maximum absolute atomic E-state index is 12.3. The highest BCUT2D eigenvalue weighted by Crippen LogP contribution is 2.22. The van der Waals surface area contributed by atoms with E-state index in [4.69, 9.17) is 0 Å². The largest absolute Gasteiger partial charge is 0.355 e. The quantitative estimate of drug-likeness (QED) is 0.632. The smallest absolute Gasteiger partial charge is 0.230 e. The minimum absolute atomic E-state index is 0.00103. The van der Waals surface area contributed by atoms with E-state index >= 15 is 0 Å². The van der Waals surface area contributed by atoms with Crippen LogP contribution in [0, 0.1) is 13.8 Å². The average molecular weight is 381 g/mol. The van der Waals surface area contributed by atoms with Crippen molar-refractivity contribution in [3.63, 3.8) is 0 Å². The first-order chi connectivity index (χ1) is 13.0. The monoisotopic (exact) mass is 380 g/mol. The second kappa shape index (κ2) is 8.86. The first kappa shape index (κ1) is 19.2. The van der Waals surface area contributed by atoms with Crippen LogP contribution < -0.4 is 5.32 Å². The molecule has 1 atom stereocenters. The maximum atomic E-state index is 12.3. The van der Waals surface area contributed by atoms with Gasteiger partial charge in [0.1, 0.15) is 5.82 Å². The number of nitrogens with one attached hydrogen (secondary N) is 1. The zero-order valence-corrected chi connectivity index (χ0v) is 16.7. The molecule has 3 aromatic rings. The lowest BCUT2D eigenvalue weighted by molar-refractivity contribution is -0.118. The molecule has 0 radical (unpaired) electrons. The molecule has 0 aliphatic heterocycles. The van der Waals surface area contributed by atoms with Crippen LogP contribution in [0.15, 0.2) is 59.8 Å². The Morgan fingerprint density at radius 2 is 1.78 bits per heavy atom. The number of benzene rings is 2. The molecule has 1 aromatic heterocycles. The van der Waals surface area contributed by atoms with Crippen LogP contribution in [0.1, 0.15) is 29.8 Å². The molecule has 0 unspecified atom stereocenters. The number of carbonyl (C=O) groups is 1. The van der Waals surface area contributed by atoms with E-state index in [0.29, 0.717) is 12.3 Å². The molecule has 1 heterocycles. The van der Waals surface area contributed by atoms with Gasteiger partial charge in [-0.05, 0) is 37.5 Å². The van der Waals surface area contributed by atoms with Crippen LogP contribution in [0.25, 0.3) is 5.69 Å². The van der Waals surface area contributed by atoms with E-state index in [-0.39, 0.29) is 11.8 Å². The standard InChI is InChI=1S/C21H24N4OS/c1-15-9-11-19(12-10-15)25-17(3)23-24-21(25)27-14-20(26)22-13-16(2)18-7-5-4-6-8-18/h4-12,16H,13-14H2,1-3H3,(H,22,26)/t16-/m0/s1. The van der Waals surface area contributed by atoms with Gasteiger partial charge < -0.3 is 5.32 Å². The van der Waals surface area contributed by atoms with E-state index in [0.717, 1.165) is 16.7 Å². The van der Waals surface area contributed by atoms with Crippen molar-refractivity contribution in [3.8, 4) is 5.69 Å². The Balaban J connectivity index is 1.57. The normalized spacial score (nSPS) is 12.0. The first-order valence-electron chi connectivity index (χ1n) is 8.98. The van der Waals surface area contributed by atoms with Gasteiger partial charge >= 0.3 is 0 Å². The van der Waals surface area contributed by atoms with Gasteiger partial charge in [-0.2, -0.15) is 0 Å². The van der Waals surface area contributed by atoms with E-state index < -0.39 is 0 Å². The lowest BCUT2D eigenvalue weighted by Gasteiger charge is -2.13. The summed E-state index contributed by atoms with van der Waals surface area (Å²) in [5.74, 6) is 1.39. The first-order valence-corrected chi connectivity index (χ1v) is 9.96. The third-order valence-corrected chi connectivity index (χ3v) is 5.32. The van der Waals surface area contributed by atoms with E-state index in [2.05, 4.69) is 53.6 Å². The van der Waals surface area contributed by atoms with Crippen molar-refractivity contribution >= 4 is 17.7 Å². The Hall–Kier alpha value is -2.60. The highest BCUT2D eigenvalue weighted by molar-refractivity contribution is 7.99. The summed E-state index contributed by atoms with van der Waals surface area (Å²) in [6.07, 6.45) is 0. The van der Waals surface area contributed by atoms with Gasteiger partial charge in [0, 0.05) is 12.2 Å². The summed E-state index contributed by atoms with van der Waals surface area (Å²) in [4.78, 5) is 12.3. The molecule has 1 N–H and O–H groups in total. The lowest BCUT2D eigenvalue weighted by atomic mass is 10.0. The van der Waals surface area contributed by atoms with Gasteiger partial charge in [-0.3, -0.25) is 9.36 Å². The number of nitrogens with zero attached hydrogens (tertiary/aromatic N) is 3. The van der Waals surface area contributed by atoms with Gasteiger partial charge in [0.25, 0.3) is 0 Å². The fourth-order valence-electron chi connectivity index (χ4n) is 2.77. The van der Waals surface area contributed by atoms with Gasteiger partial charge in [-0.15, -0.1) is 10.2 Å². The lowest BCUT2D eigenvalue weighted by Crippen LogP contribution is -2.29. The molecule has 6 heteroatoms. The fourth-order valence-corrected chi connectivity index (χ4v) is 3.60. The highest BCUT2D eigenvalue weighted by Gasteiger charge is 2.14. The predicted octanol–water partition coefficient (Wildman–Crippen LogP) is 3.90. The Morgan fingerprint density at radius 3 is 2.48 bits per heavy atom. The minimum atomic E-state index is -0.00103. The molecule has 0 bridgehead atoms. The average Bonchev–Trinajstić information content (AvgIpc) is 3.06.